The van der Waals surface area contributed by atoms with Crippen LogP contribution in [0.1, 0.15) is 97.3 Å². The minimum atomic E-state index is -3.49. The fraction of sp³-hybridized carbons (Fsp3) is 0.958. The monoisotopic (exact) mass is 473 g/mol. The third-order valence-corrected chi connectivity index (χ3v) is 11.7. The van der Waals surface area contributed by atoms with Crippen LogP contribution in [0.2, 0.25) is 0 Å². The molecule has 0 saturated heterocycles. The van der Waals surface area contributed by atoms with Crippen molar-refractivity contribution in [3.05, 3.63) is 0 Å². The van der Waals surface area contributed by atoms with Crippen LogP contribution >= 0.6 is 11.6 Å². The van der Waals surface area contributed by atoms with Gasteiger partial charge >= 0.3 is 5.97 Å². The molecule has 4 aliphatic rings. The summed E-state index contributed by atoms with van der Waals surface area (Å²) >= 11 is 5.73. The predicted octanol–water partition coefficient (Wildman–Crippen LogP) is 5.26. The van der Waals surface area contributed by atoms with Crippen molar-refractivity contribution in [1.82, 2.24) is 4.31 Å². The average Bonchev–Trinajstić information content (AvgIpc) is 3.09. The Kier molecular flexibility index (Phi) is 7.02. The van der Waals surface area contributed by atoms with Crippen LogP contribution in [0.15, 0.2) is 0 Å². The second-order valence-corrected chi connectivity index (χ2v) is 13.3. The first-order valence-corrected chi connectivity index (χ1v) is 14.6. The van der Waals surface area contributed by atoms with Gasteiger partial charge in [0, 0.05) is 17.5 Å². The number of hydrogen-bond donors (Lipinski definition) is 0. The Labute approximate surface area is 193 Å². The van der Waals surface area contributed by atoms with E-state index in [1.807, 2.05) is 4.31 Å². The van der Waals surface area contributed by atoms with Gasteiger partial charge in [0.25, 0.3) is 0 Å². The van der Waals surface area contributed by atoms with Gasteiger partial charge in [-0.15, -0.1) is 11.6 Å². The van der Waals surface area contributed by atoms with E-state index in [1.165, 1.54) is 12.8 Å². The second kappa shape index (κ2) is 9.13. The molecule has 0 radical (unpaired) electrons. The molecule has 5 nitrogen and oxygen atoms in total. The van der Waals surface area contributed by atoms with Gasteiger partial charge in [-0.05, 0) is 56.3 Å². The van der Waals surface area contributed by atoms with E-state index in [0.29, 0.717) is 5.92 Å². The quantitative estimate of drug-likeness (QED) is 0.373. The van der Waals surface area contributed by atoms with Crippen LogP contribution in [-0.2, 0) is 19.6 Å². The molecule has 0 aromatic heterocycles. The number of nitrogens with zero attached hydrogens (tertiary/aromatic N) is 1. The third-order valence-electron chi connectivity index (χ3n) is 9.37. The second-order valence-electron chi connectivity index (χ2n) is 11.1. The summed E-state index contributed by atoms with van der Waals surface area (Å²) in [6.45, 7) is 4.39. The largest absolute Gasteiger partial charge is 0.461 e. The molecule has 4 aliphatic carbocycles. The van der Waals surface area contributed by atoms with Crippen molar-refractivity contribution in [2.24, 2.45) is 16.7 Å². The van der Waals surface area contributed by atoms with Crippen LogP contribution in [0.5, 0.6) is 0 Å². The maximum absolute atomic E-state index is 14.2. The molecule has 0 aliphatic heterocycles. The zero-order valence-corrected chi connectivity index (χ0v) is 20.9. The molecule has 2 bridgehead atoms. The number of carbonyl (C=O) groups is 1. The molecule has 0 N–H and O–H groups in total. The summed E-state index contributed by atoms with van der Waals surface area (Å²) in [7, 11) is -3.49. The maximum Gasteiger partial charge on any atom is 0.321 e. The Morgan fingerprint density at radius 3 is 2.00 bits per heavy atom. The molecule has 4 saturated carbocycles. The number of carbonyl (C=O) groups excluding carboxylic acids is 1. The molecule has 0 heterocycles. The lowest BCUT2D eigenvalue weighted by Gasteiger charge is -2.46. The Hall–Kier alpha value is -0.330. The zero-order valence-electron chi connectivity index (χ0n) is 19.3. The first-order valence-electron chi connectivity index (χ1n) is 12.5. The summed E-state index contributed by atoms with van der Waals surface area (Å²) in [5.74, 6) is -0.103. The van der Waals surface area contributed by atoms with Crippen molar-refractivity contribution < 1.29 is 17.9 Å². The minimum absolute atomic E-state index is 0.108. The van der Waals surface area contributed by atoms with Crippen LogP contribution < -0.4 is 0 Å². The smallest absolute Gasteiger partial charge is 0.321 e. The zero-order chi connectivity index (χ0) is 22.3. The Bertz CT molecular complexity index is 740. The number of fused-ring (bicyclic) bond motifs is 2. The topological polar surface area (TPSA) is 63.7 Å². The standard InChI is InChI=1S/C24H40ClNO4S/c1-23(2)18-13-14-24(23,21(15-18)30-22(27)16-25)17-31(28,29)26(19-9-5-3-6-10-19)20-11-7-4-8-12-20/h18-21H,3-17H2,1-2H3/t18-,21+,24-/m0/s1. The summed E-state index contributed by atoms with van der Waals surface area (Å²) in [6, 6.07) is 0.285. The first-order chi connectivity index (χ1) is 14.7. The van der Waals surface area contributed by atoms with E-state index in [0.717, 1.165) is 70.6 Å². The molecular formula is C24H40ClNO4S. The Morgan fingerprint density at radius 2 is 1.52 bits per heavy atom. The molecule has 4 fully saturated rings. The molecule has 7 heteroatoms. The van der Waals surface area contributed by atoms with Gasteiger partial charge in [-0.3, -0.25) is 4.79 Å². The lowest BCUT2D eigenvalue weighted by atomic mass is 9.69. The number of halogens is 1. The summed E-state index contributed by atoms with van der Waals surface area (Å²) in [5.41, 5.74) is -0.679. The van der Waals surface area contributed by atoms with Crippen LogP contribution in [0, 0.1) is 16.7 Å². The van der Waals surface area contributed by atoms with E-state index in [2.05, 4.69) is 13.8 Å². The van der Waals surface area contributed by atoms with Crippen molar-refractivity contribution in [3.63, 3.8) is 0 Å². The van der Waals surface area contributed by atoms with Crippen molar-refractivity contribution >= 4 is 27.6 Å². The van der Waals surface area contributed by atoms with Gasteiger partial charge in [-0.1, -0.05) is 52.4 Å². The van der Waals surface area contributed by atoms with E-state index in [9.17, 15) is 13.2 Å². The third kappa shape index (κ3) is 4.30. The minimum Gasteiger partial charge on any atom is -0.461 e. The van der Waals surface area contributed by atoms with Crippen LogP contribution in [-0.4, -0.2) is 48.5 Å². The highest BCUT2D eigenvalue weighted by atomic mass is 35.5. The van der Waals surface area contributed by atoms with Gasteiger partial charge in [0.15, 0.2) is 0 Å². The summed E-state index contributed by atoms with van der Waals surface area (Å²) in [4.78, 5) is 12.1. The highest BCUT2D eigenvalue weighted by molar-refractivity contribution is 7.89. The fourth-order valence-electron chi connectivity index (χ4n) is 7.52. The lowest BCUT2D eigenvalue weighted by molar-refractivity contribution is -0.153. The Morgan fingerprint density at radius 1 is 0.968 bits per heavy atom. The van der Waals surface area contributed by atoms with Crippen molar-refractivity contribution in [2.45, 2.75) is 116 Å². The maximum atomic E-state index is 14.2. The number of ether oxygens (including phenoxy) is 1. The molecule has 0 aromatic carbocycles. The van der Waals surface area contributed by atoms with Crippen molar-refractivity contribution in [1.29, 1.82) is 0 Å². The number of rotatable bonds is 7. The van der Waals surface area contributed by atoms with Crippen molar-refractivity contribution in [3.8, 4) is 0 Å². The van der Waals surface area contributed by atoms with E-state index >= 15 is 0 Å². The van der Waals surface area contributed by atoms with E-state index < -0.39 is 21.4 Å². The molecule has 4 rings (SSSR count). The highest BCUT2D eigenvalue weighted by Crippen LogP contribution is 2.67. The summed E-state index contributed by atoms with van der Waals surface area (Å²) < 4.78 is 36.2. The lowest BCUT2D eigenvalue weighted by Crippen LogP contribution is -2.54. The normalized spacial score (nSPS) is 34.3. The van der Waals surface area contributed by atoms with Crippen LogP contribution in [0.25, 0.3) is 0 Å². The summed E-state index contributed by atoms with van der Waals surface area (Å²) in [5, 5.41) is 0. The Balaban J connectivity index is 1.65. The SMILES string of the molecule is CC1(C)[C@H]2CC[C@]1(CS(=O)(=O)N(C1CCCCC1)C1CCCCC1)[C@H](OC(=O)CCl)C2. The van der Waals surface area contributed by atoms with Crippen molar-refractivity contribution in [2.75, 3.05) is 11.6 Å². The molecule has 0 aromatic rings. The van der Waals surface area contributed by atoms with Crippen LogP contribution in [0.3, 0.4) is 0 Å². The number of sulfonamides is 1. The van der Waals surface area contributed by atoms with Gasteiger partial charge in [-0.25, -0.2) is 8.42 Å². The summed E-state index contributed by atoms with van der Waals surface area (Å²) in [6.07, 6.45) is 13.1. The van der Waals surface area contributed by atoms with Crippen LogP contribution in [0.4, 0.5) is 0 Å². The first kappa shape index (κ1) is 23.8. The van der Waals surface area contributed by atoms with Gasteiger partial charge in [-0.2, -0.15) is 4.31 Å². The van der Waals surface area contributed by atoms with E-state index in [4.69, 9.17) is 16.3 Å². The molecule has 31 heavy (non-hydrogen) atoms. The molecule has 0 amide bonds. The van der Waals surface area contributed by atoms with Gasteiger partial charge in [0.2, 0.25) is 10.0 Å². The van der Waals surface area contributed by atoms with Gasteiger partial charge < -0.3 is 4.74 Å². The predicted molar refractivity (Wildman–Crippen MR) is 124 cm³/mol. The number of esters is 1. The molecular weight excluding hydrogens is 434 g/mol. The van der Waals surface area contributed by atoms with Gasteiger partial charge in [0.05, 0.1) is 5.75 Å². The molecule has 3 atom stereocenters. The molecule has 178 valence electrons. The van der Waals surface area contributed by atoms with E-state index in [-0.39, 0.29) is 35.2 Å². The molecule has 0 unspecified atom stereocenters. The average molecular weight is 474 g/mol. The number of hydrogen-bond acceptors (Lipinski definition) is 4. The van der Waals surface area contributed by atoms with Gasteiger partial charge in [0.1, 0.15) is 12.0 Å². The van der Waals surface area contributed by atoms with E-state index in [1.54, 1.807) is 0 Å². The fourth-order valence-corrected chi connectivity index (χ4v) is 10.4. The molecule has 0 spiro atoms. The highest BCUT2D eigenvalue weighted by Gasteiger charge is 2.67. The number of alkyl halides is 1.